The second-order valence-electron chi connectivity index (χ2n) is 10.1. The van der Waals surface area contributed by atoms with Crippen LogP contribution in [0.1, 0.15) is 63.5 Å². The molecule has 1 unspecified atom stereocenters. The highest BCUT2D eigenvalue weighted by molar-refractivity contribution is 5.89. The number of rotatable bonds is 4. The minimum absolute atomic E-state index is 0.0305. The first-order chi connectivity index (χ1) is 15.4. The van der Waals surface area contributed by atoms with Gasteiger partial charge in [0.15, 0.2) is 0 Å². The predicted octanol–water partition coefficient (Wildman–Crippen LogP) is 3.24. The zero-order valence-electron chi connectivity index (χ0n) is 19.6. The average Bonchev–Trinajstić information content (AvgIpc) is 2.82. The summed E-state index contributed by atoms with van der Waals surface area (Å²) in [7, 11) is 0. The van der Waals surface area contributed by atoms with Gasteiger partial charge in [-0.15, -0.1) is 0 Å². The van der Waals surface area contributed by atoms with Crippen molar-refractivity contribution in [2.75, 3.05) is 26.2 Å². The van der Waals surface area contributed by atoms with Gasteiger partial charge in [0.25, 0.3) is 0 Å². The Bertz CT molecular complexity index is 838. The number of piperidine rings is 2. The van der Waals surface area contributed by atoms with Gasteiger partial charge in [0.05, 0.1) is 0 Å². The lowest BCUT2D eigenvalue weighted by Gasteiger charge is -2.41. The summed E-state index contributed by atoms with van der Waals surface area (Å²) in [6, 6.07) is 7.69. The highest BCUT2D eigenvalue weighted by Gasteiger charge is 2.39. The lowest BCUT2D eigenvalue weighted by atomic mass is 9.90. The molecule has 0 bridgehead atoms. The maximum Gasteiger partial charge on any atom is 0.245 e. The predicted molar refractivity (Wildman–Crippen MR) is 124 cm³/mol. The lowest BCUT2D eigenvalue weighted by molar-refractivity contribution is -0.149. The van der Waals surface area contributed by atoms with Crippen LogP contribution in [0.2, 0.25) is 0 Å². The van der Waals surface area contributed by atoms with Crippen LogP contribution in [0.15, 0.2) is 24.3 Å². The first-order valence-electron chi connectivity index (χ1n) is 12.4. The zero-order chi connectivity index (χ0) is 22.7. The van der Waals surface area contributed by atoms with Crippen LogP contribution in [0.3, 0.4) is 0 Å². The van der Waals surface area contributed by atoms with Crippen molar-refractivity contribution in [2.45, 2.75) is 71.4 Å². The average molecular weight is 440 g/mol. The highest BCUT2D eigenvalue weighted by Crippen LogP contribution is 2.28. The van der Waals surface area contributed by atoms with Crippen molar-refractivity contribution in [3.63, 3.8) is 0 Å². The Balaban J connectivity index is 1.42. The van der Waals surface area contributed by atoms with Crippen LogP contribution in [0.5, 0.6) is 0 Å². The molecule has 3 heterocycles. The normalized spacial score (nSPS) is 22.1. The van der Waals surface area contributed by atoms with Crippen molar-refractivity contribution in [3.8, 4) is 0 Å². The summed E-state index contributed by atoms with van der Waals surface area (Å²) in [5, 5.41) is 0. The van der Waals surface area contributed by atoms with Crippen LogP contribution < -0.4 is 0 Å². The fraction of sp³-hybridized carbons (Fsp3) is 0.654. The molecule has 2 fully saturated rings. The third-order valence-electron chi connectivity index (χ3n) is 7.26. The van der Waals surface area contributed by atoms with E-state index >= 15 is 0 Å². The van der Waals surface area contributed by atoms with Crippen molar-refractivity contribution in [3.05, 3.63) is 35.4 Å². The van der Waals surface area contributed by atoms with Crippen LogP contribution in [-0.2, 0) is 27.3 Å². The molecule has 174 valence electrons. The molecule has 0 aliphatic carbocycles. The van der Waals surface area contributed by atoms with Crippen LogP contribution in [0.25, 0.3) is 0 Å². The smallest absolute Gasteiger partial charge is 0.245 e. The molecular formula is C26H37N3O3. The van der Waals surface area contributed by atoms with E-state index < -0.39 is 6.04 Å². The van der Waals surface area contributed by atoms with Crippen LogP contribution >= 0.6 is 0 Å². The quantitative estimate of drug-likeness (QED) is 0.724. The number of likely N-dealkylation sites (tertiary alicyclic amines) is 2. The van der Waals surface area contributed by atoms with E-state index in [1.54, 1.807) is 4.90 Å². The fourth-order valence-electron chi connectivity index (χ4n) is 5.40. The van der Waals surface area contributed by atoms with Gasteiger partial charge in [0, 0.05) is 51.5 Å². The molecule has 32 heavy (non-hydrogen) atoms. The molecule has 1 atom stereocenters. The third kappa shape index (κ3) is 5.00. The molecule has 6 heteroatoms. The summed E-state index contributed by atoms with van der Waals surface area (Å²) < 4.78 is 0. The topological polar surface area (TPSA) is 60.9 Å². The molecule has 0 spiro atoms. The summed E-state index contributed by atoms with van der Waals surface area (Å²) in [5.74, 6) is 0.663. The molecule has 0 N–H and O–H groups in total. The molecule has 1 aromatic rings. The van der Waals surface area contributed by atoms with E-state index in [4.69, 9.17) is 0 Å². The van der Waals surface area contributed by atoms with Crippen LogP contribution in [0, 0.1) is 11.8 Å². The van der Waals surface area contributed by atoms with Crippen molar-refractivity contribution < 1.29 is 14.4 Å². The first-order valence-corrected chi connectivity index (χ1v) is 12.4. The summed E-state index contributed by atoms with van der Waals surface area (Å²) in [6.45, 7) is 7.55. The van der Waals surface area contributed by atoms with E-state index in [0.29, 0.717) is 32.5 Å². The Labute approximate surface area is 191 Å². The Morgan fingerprint density at radius 2 is 1.50 bits per heavy atom. The number of hydrogen-bond acceptors (Lipinski definition) is 3. The highest BCUT2D eigenvalue weighted by atomic mass is 16.2. The van der Waals surface area contributed by atoms with Gasteiger partial charge >= 0.3 is 0 Å². The zero-order valence-corrected chi connectivity index (χ0v) is 19.6. The number of benzene rings is 1. The second-order valence-corrected chi connectivity index (χ2v) is 10.1. The van der Waals surface area contributed by atoms with E-state index in [1.807, 2.05) is 35.8 Å². The third-order valence-corrected chi connectivity index (χ3v) is 7.26. The van der Waals surface area contributed by atoms with E-state index in [9.17, 15) is 14.4 Å². The number of fused-ring (bicyclic) bond motifs is 1. The second kappa shape index (κ2) is 10.1. The Hall–Kier alpha value is -2.37. The number of carbonyl (C=O) groups is 3. The number of amides is 3. The van der Waals surface area contributed by atoms with E-state index in [2.05, 4.69) is 12.1 Å². The van der Waals surface area contributed by atoms with Crippen LogP contribution in [0.4, 0.5) is 0 Å². The van der Waals surface area contributed by atoms with E-state index in [-0.39, 0.29) is 29.6 Å². The fourth-order valence-corrected chi connectivity index (χ4v) is 5.40. The molecule has 4 rings (SSSR count). The minimum Gasteiger partial charge on any atom is -0.342 e. The lowest BCUT2D eigenvalue weighted by Crippen LogP contribution is -2.55. The summed E-state index contributed by atoms with van der Waals surface area (Å²) in [4.78, 5) is 45.2. The van der Waals surface area contributed by atoms with Crippen molar-refractivity contribution in [1.82, 2.24) is 14.7 Å². The minimum atomic E-state index is -0.439. The van der Waals surface area contributed by atoms with Crippen molar-refractivity contribution in [2.24, 2.45) is 11.8 Å². The summed E-state index contributed by atoms with van der Waals surface area (Å²) >= 11 is 0. The van der Waals surface area contributed by atoms with Crippen LogP contribution in [-0.4, -0.2) is 64.6 Å². The molecule has 0 radical (unpaired) electrons. The summed E-state index contributed by atoms with van der Waals surface area (Å²) in [5.41, 5.74) is 2.30. The monoisotopic (exact) mass is 439 g/mol. The summed E-state index contributed by atoms with van der Waals surface area (Å²) in [6.07, 6.45) is 5.91. The van der Waals surface area contributed by atoms with Crippen molar-refractivity contribution in [1.29, 1.82) is 0 Å². The molecule has 2 saturated heterocycles. The van der Waals surface area contributed by atoms with E-state index in [0.717, 1.165) is 49.9 Å². The standard InChI is InChI=1S/C26H37N3O3/c1-19(2)16-24(30)29-18-22-9-5-4-8-21(22)17-23(29)26(32)28-14-10-20(11-15-28)25(31)27-12-6-3-7-13-27/h4-5,8-9,19-20,23H,3,6-7,10-18H2,1-2H3. The van der Waals surface area contributed by atoms with Gasteiger partial charge < -0.3 is 14.7 Å². The van der Waals surface area contributed by atoms with Gasteiger partial charge in [-0.05, 0) is 49.1 Å². The number of nitrogens with zero attached hydrogens (tertiary/aromatic N) is 3. The molecule has 1 aromatic carbocycles. The van der Waals surface area contributed by atoms with Gasteiger partial charge in [-0.3, -0.25) is 14.4 Å². The molecule has 3 amide bonds. The SMILES string of the molecule is CC(C)CC(=O)N1Cc2ccccc2CC1C(=O)N1CCC(C(=O)N2CCCCC2)CC1. The van der Waals surface area contributed by atoms with E-state index in [1.165, 1.54) is 6.42 Å². The largest absolute Gasteiger partial charge is 0.342 e. The van der Waals surface area contributed by atoms with Crippen molar-refractivity contribution >= 4 is 17.7 Å². The first kappa shape index (κ1) is 22.8. The molecular weight excluding hydrogens is 402 g/mol. The maximum absolute atomic E-state index is 13.6. The number of hydrogen-bond donors (Lipinski definition) is 0. The van der Waals surface area contributed by atoms with Gasteiger partial charge in [-0.25, -0.2) is 0 Å². The molecule has 6 nitrogen and oxygen atoms in total. The molecule has 3 aliphatic heterocycles. The molecule has 0 aromatic heterocycles. The molecule has 0 saturated carbocycles. The number of carbonyl (C=O) groups excluding carboxylic acids is 3. The Morgan fingerprint density at radius 1 is 0.875 bits per heavy atom. The van der Waals surface area contributed by atoms with Gasteiger partial charge in [-0.2, -0.15) is 0 Å². The molecule has 3 aliphatic rings. The maximum atomic E-state index is 13.6. The van der Waals surface area contributed by atoms with Gasteiger partial charge in [0.1, 0.15) is 6.04 Å². The Kier molecular flexibility index (Phi) is 7.17. The Morgan fingerprint density at radius 3 is 2.16 bits per heavy atom. The van der Waals surface area contributed by atoms with Gasteiger partial charge in [0.2, 0.25) is 17.7 Å². The van der Waals surface area contributed by atoms with Gasteiger partial charge in [-0.1, -0.05) is 38.1 Å².